The predicted octanol–water partition coefficient (Wildman–Crippen LogP) is 19.9. The van der Waals surface area contributed by atoms with Crippen molar-refractivity contribution in [3.05, 3.63) is 277 Å². The molecule has 393 valence electrons. The minimum Gasteiger partial charge on any atom is -0.310 e. The van der Waals surface area contributed by atoms with Crippen LogP contribution < -0.4 is 0 Å². The van der Waals surface area contributed by atoms with Crippen molar-refractivity contribution in [2.24, 2.45) is 0 Å². The maximum Gasteiger partial charge on any atom is 0.0582 e. The largest absolute Gasteiger partial charge is 0.310 e. The molecule has 0 aliphatic carbocycles. The SMILES string of the molecule is CC1(C)c2cc(-c3c[c-]c(-c4ccc5ccccc5n4)s3)ccc2-n2c3ccccc3c3cccc1c32.CC1(C)c2ccccc2-n2c3ccc(-c4ccccc4)cc3c3cc(-c4cc[c-]c(-c5nccc6ccccc56)c4)cc1c32.[Ir]. The molecule has 6 heteroatoms. The molecule has 17 rings (SSSR count). The van der Waals surface area contributed by atoms with Gasteiger partial charge in [0.25, 0.3) is 0 Å². The Hall–Kier alpha value is -9.03. The summed E-state index contributed by atoms with van der Waals surface area (Å²) < 4.78 is 4.96. The van der Waals surface area contributed by atoms with E-state index in [9.17, 15) is 0 Å². The molecule has 2 aliphatic heterocycles. The van der Waals surface area contributed by atoms with Crippen molar-refractivity contribution < 1.29 is 20.1 Å². The second-order valence-electron chi connectivity index (χ2n) is 22.8. The zero-order chi connectivity index (χ0) is 54.1. The zero-order valence-electron chi connectivity index (χ0n) is 45.6. The summed E-state index contributed by atoms with van der Waals surface area (Å²) in [6.07, 6.45) is 1.90. The molecular formula is C76H52IrN4S-2. The zero-order valence-corrected chi connectivity index (χ0v) is 48.8. The van der Waals surface area contributed by atoms with Gasteiger partial charge in [-0.15, -0.1) is 35.4 Å². The second kappa shape index (κ2) is 19.0. The maximum absolute atomic E-state index is 4.89. The van der Waals surface area contributed by atoms with Gasteiger partial charge in [0.15, 0.2) is 0 Å². The summed E-state index contributed by atoms with van der Waals surface area (Å²) in [5.74, 6) is 0. The molecule has 82 heavy (non-hydrogen) atoms. The van der Waals surface area contributed by atoms with Crippen LogP contribution in [0.3, 0.4) is 0 Å². The predicted molar refractivity (Wildman–Crippen MR) is 339 cm³/mol. The number of pyridine rings is 2. The summed E-state index contributed by atoms with van der Waals surface area (Å²) in [5.41, 5.74) is 22.9. The molecule has 7 heterocycles. The molecule has 5 aromatic heterocycles. The van der Waals surface area contributed by atoms with Crippen LogP contribution in [0.15, 0.2) is 243 Å². The molecule has 15 aromatic rings. The van der Waals surface area contributed by atoms with E-state index >= 15 is 0 Å². The molecule has 10 aromatic carbocycles. The molecular weight excluding hydrogens is 1190 g/mol. The fraction of sp³-hybridized carbons (Fsp3) is 0.0789. The number of hydrogen-bond acceptors (Lipinski definition) is 3. The Bertz CT molecular complexity index is 5070. The quantitative estimate of drug-likeness (QED) is 0.161. The van der Waals surface area contributed by atoms with Gasteiger partial charge in [-0.1, -0.05) is 201 Å². The first-order valence-corrected chi connectivity index (χ1v) is 28.7. The van der Waals surface area contributed by atoms with Gasteiger partial charge < -0.3 is 19.1 Å². The van der Waals surface area contributed by atoms with Crippen molar-refractivity contribution in [1.29, 1.82) is 0 Å². The van der Waals surface area contributed by atoms with E-state index in [-0.39, 0.29) is 30.9 Å². The summed E-state index contributed by atoms with van der Waals surface area (Å²) in [4.78, 5) is 12.0. The number of fused-ring (bicyclic) bond motifs is 12. The van der Waals surface area contributed by atoms with E-state index < -0.39 is 0 Å². The van der Waals surface area contributed by atoms with Crippen molar-refractivity contribution in [1.82, 2.24) is 19.1 Å². The van der Waals surface area contributed by atoms with Crippen LogP contribution in [0.4, 0.5) is 0 Å². The van der Waals surface area contributed by atoms with Crippen molar-refractivity contribution in [2.75, 3.05) is 0 Å². The standard InChI is InChI=1S/C42H29N2.C34H23N2S.Ir/c1-42(2)36-17-8-9-18-39(36)44-38-20-19-30(27-11-4-3-5-12-27)24-34(38)35-25-32(26-37(42)41(35)44)29-14-10-15-31(23-29)40-33-16-7-6-13-28(33)21-22-43-40;1-34(2)25-11-7-10-24-23-9-4-6-13-29(23)36(33(24)25)30-17-15-22(20-26(30)34)31-18-19-32(37-31)28-16-14-21-8-3-5-12-27(21)35-28;/h3-14,16-26H,1-2H3;3-18,20H,1-2H3;/q2*-1;. The molecule has 0 saturated heterocycles. The molecule has 1 radical (unpaired) electrons. The van der Waals surface area contributed by atoms with Crippen LogP contribution >= 0.6 is 11.3 Å². The summed E-state index contributed by atoms with van der Waals surface area (Å²) in [5, 5.41) is 8.68. The number of rotatable bonds is 5. The third kappa shape index (κ3) is 7.66. The first kappa shape index (κ1) is 50.0. The molecule has 2 aliphatic rings. The second-order valence-corrected chi connectivity index (χ2v) is 23.8. The van der Waals surface area contributed by atoms with E-state index in [1.807, 2.05) is 18.3 Å². The molecule has 4 nitrogen and oxygen atoms in total. The van der Waals surface area contributed by atoms with Crippen molar-refractivity contribution >= 4 is 76.6 Å². The van der Waals surface area contributed by atoms with Gasteiger partial charge in [0.2, 0.25) is 0 Å². The van der Waals surface area contributed by atoms with Crippen LogP contribution in [0.1, 0.15) is 49.9 Å². The Kier molecular flexibility index (Phi) is 11.6. The molecule has 0 unspecified atom stereocenters. The Balaban J connectivity index is 0.000000141. The maximum atomic E-state index is 4.89. The van der Waals surface area contributed by atoms with Gasteiger partial charge in [-0.25, -0.2) is 11.3 Å². The molecule has 0 fully saturated rings. The van der Waals surface area contributed by atoms with E-state index in [0.717, 1.165) is 38.1 Å². The van der Waals surface area contributed by atoms with Gasteiger partial charge in [0.1, 0.15) is 0 Å². The van der Waals surface area contributed by atoms with E-state index in [2.05, 4.69) is 273 Å². The number of thiophene rings is 1. The molecule has 0 spiro atoms. The molecule has 0 amide bonds. The van der Waals surface area contributed by atoms with Gasteiger partial charge in [0, 0.05) is 58.7 Å². The van der Waals surface area contributed by atoms with Gasteiger partial charge in [-0.3, -0.25) is 0 Å². The third-order valence-corrected chi connectivity index (χ3v) is 18.6. The number of para-hydroxylation sites is 4. The average Bonchev–Trinajstić information content (AvgIpc) is 3.35. The van der Waals surface area contributed by atoms with E-state index in [4.69, 9.17) is 9.97 Å². The summed E-state index contributed by atoms with van der Waals surface area (Å²) in [7, 11) is 0. The fourth-order valence-electron chi connectivity index (χ4n) is 13.4. The smallest absolute Gasteiger partial charge is 0.0582 e. The number of nitrogens with zero attached hydrogens (tertiary/aromatic N) is 4. The van der Waals surface area contributed by atoms with E-state index in [1.54, 1.807) is 11.3 Å². The first-order chi connectivity index (χ1) is 39.7. The van der Waals surface area contributed by atoms with Crippen molar-refractivity contribution in [3.8, 4) is 65.9 Å². The summed E-state index contributed by atoms with van der Waals surface area (Å²) in [6, 6.07) is 92.4. The fourth-order valence-corrected chi connectivity index (χ4v) is 14.3. The molecule has 0 bridgehead atoms. The summed E-state index contributed by atoms with van der Waals surface area (Å²) >= 11 is 1.76. The average molecular weight is 1250 g/mol. The van der Waals surface area contributed by atoms with E-state index in [0.29, 0.717) is 0 Å². The van der Waals surface area contributed by atoms with Crippen LogP contribution in [-0.2, 0) is 30.9 Å². The number of aromatic nitrogens is 4. The Labute approximate surface area is 494 Å². The third-order valence-electron chi connectivity index (χ3n) is 17.5. The first-order valence-electron chi connectivity index (χ1n) is 27.9. The molecule has 0 N–H and O–H groups in total. The van der Waals surface area contributed by atoms with Crippen LogP contribution in [0, 0.1) is 12.1 Å². The minimum absolute atomic E-state index is 0. The van der Waals surface area contributed by atoms with Gasteiger partial charge in [0.05, 0.1) is 39.0 Å². The molecule has 0 saturated carbocycles. The van der Waals surface area contributed by atoms with Gasteiger partial charge in [-0.2, -0.15) is 12.1 Å². The minimum atomic E-state index is -0.168. The van der Waals surface area contributed by atoms with Crippen molar-refractivity contribution in [3.63, 3.8) is 0 Å². The topological polar surface area (TPSA) is 35.6 Å². The van der Waals surface area contributed by atoms with Crippen molar-refractivity contribution in [2.45, 2.75) is 38.5 Å². The Morgan fingerprint density at radius 2 is 1.09 bits per heavy atom. The van der Waals surface area contributed by atoms with Gasteiger partial charge >= 0.3 is 0 Å². The normalized spacial score (nSPS) is 13.5. The van der Waals surface area contributed by atoms with Crippen LogP contribution in [-0.4, -0.2) is 19.1 Å². The Morgan fingerprint density at radius 3 is 1.96 bits per heavy atom. The number of benzene rings is 10. The molecule has 0 atom stereocenters. The van der Waals surface area contributed by atoms with Crippen LogP contribution in [0.2, 0.25) is 0 Å². The van der Waals surface area contributed by atoms with Crippen LogP contribution in [0.5, 0.6) is 0 Å². The summed E-state index contributed by atoms with van der Waals surface area (Å²) in [6.45, 7) is 9.45. The van der Waals surface area contributed by atoms with Gasteiger partial charge in [-0.05, 0) is 121 Å². The Morgan fingerprint density at radius 1 is 0.427 bits per heavy atom. The van der Waals surface area contributed by atoms with Crippen LogP contribution in [0.25, 0.3) is 131 Å². The number of hydrogen-bond donors (Lipinski definition) is 0. The van der Waals surface area contributed by atoms with E-state index in [1.165, 1.54) is 115 Å². The monoisotopic (exact) mass is 1250 g/mol.